The second-order valence-corrected chi connectivity index (χ2v) is 9.35. The quantitative estimate of drug-likeness (QED) is 0.314. The van der Waals surface area contributed by atoms with Crippen molar-refractivity contribution < 1.29 is 0 Å². The number of fused-ring (bicyclic) bond motifs is 3. The summed E-state index contributed by atoms with van der Waals surface area (Å²) in [7, 11) is 0. The molecule has 0 radical (unpaired) electrons. The van der Waals surface area contributed by atoms with Gasteiger partial charge < -0.3 is 0 Å². The van der Waals surface area contributed by atoms with E-state index in [2.05, 4.69) is 118 Å². The highest BCUT2D eigenvalue weighted by molar-refractivity contribution is 5.81. The molecule has 0 aromatic heterocycles. The molecule has 154 valence electrons. The molecule has 1 unspecified atom stereocenters. The van der Waals surface area contributed by atoms with Gasteiger partial charge in [-0.1, -0.05) is 118 Å². The van der Waals surface area contributed by atoms with E-state index < -0.39 is 0 Å². The summed E-state index contributed by atoms with van der Waals surface area (Å²) >= 11 is 0. The van der Waals surface area contributed by atoms with Gasteiger partial charge >= 0.3 is 0 Å². The molecule has 0 nitrogen and oxygen atoms in total. The van der Waals surface area contributed by atoms with Gasteiger partial charge in [0.15, 0.2) is 0 Å². The van der Waals surface area contributed by atoms with Crippen LogP contribution in [0.25, 0.3) is 22.3 Å². The molecule has 0 heteroatoms. The molecule has 0 fully saturated rings. The maximum atomic E-state index is 2.47. The van der Waals surface area contributed by atoms with E-state index in [9.17, 15) is 0 Å². The number of benzene rings is 4. The van der Waals surface area contributed by atoms with Crippen LogP contribution in [-0.4, -0.2) is 0 Å². The normalized spacial score (nSPS) is 14.7. The van der Waals surface area contributed by atoms with Crippen molar-refractivity contribution >= 4 is 0 Å². The van der Waals surface area contributed by atoms with Crippen LogP contribution in [0.1, 0.15) is 55.4 Å². The van der Waals surface area contributed by atoms with Crippen LogP contribution in [-0.2, 0) is 11.8 Å². The van der Waals surface area contributed by atoms with Gasteiger partial charge in [0.2, 0.25) is 0 Å². The molecule has 0 saturated heterocycles. The first-order chi connectivity index (χ1) is 15.1. The Morgan fingerprint density at radius 2 is 1.29 bits per heavy atom. The molecule has 4 aromatic carbocycles. The molecule has 1 aliphatic carbocycles. The topological polar surface area (TPSA) is 0 Å². The molecule has 0 spiro atoms. The van der Waals surface area contributed by atoms with Gasteiger partial charge in [0.05, 0.1) is 0 Å². The number of hydrogen-bond acceptors (Lipinski definition) is 0. The van der Waals surface area contributed by atoms with Crippen LogP contribution in [0.4, 0.5) is 0 Å². The number of rotatable bonds is 5. The van der Waals surface area contributed by atoms with Crippen LogP contribution in [0.5, 0.6) is 0 Å². The Balaban J connectivity index is 1.43. The third-order valence-electron chi connectivity index (χ3n) is 7.11. The summed E-state index contributed by atoms with van der Waals surface area (Å²) in [5.41, 5.74) is 11.3. The van der Waals surface area contributed by atoms with Crippen molar-refractivity contribution in [2.45, 2.75) is 44.9 Å². The minimum atomic E-state index is 0.0828. The lowest BCUT2D eigenvalue weighted by molar-refractivity contribution is 0.650. The van der Waals surface area contributed by atoms with E-state index in [1.807, 2.05) is 0 Å². The molecule has 31 heavy (non-hydrogen) atoms. The summed E-state index contributed by atoms with van der Waals surface area (Å²) in [4.78, 5) is 0. The van der Waals surface area contributed by atoms with Crippen LogP contribution in [0.15, 0.2) is 97.1 Å². The van der Waals surface area contributed by atoms with E-state index in [4.69, 9.17) is 0 Å². The first kappa shape index (κ1) is 19.8. The fraction of sp³-hybridized carbons (Fsp3) is 0.226. The van der Waals surface area contributed by atoms with E-state index in [0.717, 1.165) is 12.8 Å². The summed E-state index contributed by atoms with van der Waals surface area (Å²) < 4.78 is 0. The predicted molar refractivity (Wildman–Crippen MR) is 133 cm³/mol. The molecule has 0 amide bonds. The maximum absolute atomic E-state index is 2.47. The zero-order valence-electron chi connectivity index (χ0n) is 18.7. The molecular weight excluding hydrogens is 372 g/mol. The first-order valence-electron chi connectivity index (χ1n) is 11.5. The Morgan fingerprint density at radius 3 is 2.03 bits per heavy atom. The summed E-state index contributed by atoms with van der Waals surface area (Å²) in [6.45, 7) is 7.01. The maximum Gasteiger partial charge on any atom is 0.0158 e. The van der Waals surface area contributed by atoms with E-state index in [1.165, 1.54) is 44.5 Å². The van der Waals surface area contributed by atoms with Gasteiger partial charge in [-0.2, -0.15) is 0 Å². The van der Waals surface area contributed by atoms with Gasteiger partial charge in [-0.05, 0) is 63.3 Å². The largest absolute Gasteiger partial charge is 0.0648 e. The lowest BCUT2D eigenvalue weighted by atomic mass is 9.81. The molecular formula is C31H30. The van der Waals surface area contributed by atoms with Gasteiger partial charge in [-0.25, -0.2) is 0 Å². The summed E-state index contributed by atoms with van der Waals surface area (Å²) in [5.74, 6) is 0.531. The average Bonchev–Trinajstić information content (AvgIpc) is 3.05. The standard InChI is InChI=1S/C31H30/c1-4-23(20-22-14-16-25(17-15-22)24-10-6-5-7-11-24)26-18-19-30-28(21-26)27-12-8-9-13-29(27)31(30,2)3/h5-19,21,23H,4,20H2,1-3H3. The van der Waals surface area contributed by atoms with Gasteiger partial charge in [0, 0.05) is 5.41 Å². The fourth-order valence-corrected chi connectivity index (χ4v) is 5.24. The Labute approximate surface area is 186 Å². The van der Waals surface area contributed by atoms with Gasteiger partial charge in [0.25, 0.3) is 0 Å². The van der Waals surface area contributed by atoms with Crippen molar-refractivity contribution in [2.24, 2.45) is 0 Å². The SMILES string of the molecule is CCC(Cc1ccc(-c2ccccc2)cc1)c1ccc2c(c1)-c1ccccc1C2(C)C. The van der Waals surface area contributed by atoms with Crippen molar-refractivity contribution in [1.29, 1.82) is 0 Å². The molecule has 0 bridgehead atoms. The Morgan fingerprint density at radius 1 is 0.645 bits per heavy atom. The summed E-state index contributed by atoms with van der Waals surface area (Å²) in [5, 5.41) is 0. The van der Waals surface area contributed by atoms with E-state index in [1.54, 1.807) is 0 Å². The first-order valence-corrected chi connectivity index (χ1v) is 11.5. The monoisotopic (exact) mass is 402 g/mol. The molecule has 5 rings (SSSR count). The van der Waals surface area contributed by atoms with Crippen LogP contribution in [0.2, 0.25) is 0 Å². The van der Waals surface area contributed by atoms with Crippen LogP contribution < -0.4 is 0 Å². The molecule has 0 saturated carbocycles. The summed E-state index contributed by atoms with van der Waals surface area (Å²) in [6, 6.07) is 35.9. The molecule has 0 N–H and O–H groups in total. The van der Waals surface area contributed by atoms with Crippen molar-refractivity contribution in [3.05, 3.63) is 119 Å². The molecule has 0 aliphatic heterocycles. The fourth-order valence-electron chi connectivity index (χ4n) is 5.24. The van der Waals surface area contributed by atoms with E-state index >= 15 is 0 Å². The van der Waals surface area contributed by atoms with Crippen molar-refractivity contribution in [2.75, 3.05) is 0 Å². The van der Waals surface area contributed by atoms with E-state index in [0.29, 0.717) is 5.92 Å². The van der Waals surface area contributed by atoms with Crippen LogP contribution >= 0.6 is 0 Å². The Kier molecular flexibility index (Phi) is 5.02. The second-order valence-electron chi connectivity index (χ2n) is 9.35. The molecule has 1 aliphatic rings. The Hall–Kier alpha value is -3.12. The third kappa shape index (κ3) is 3.51. The average molecular weight is 403 g/mol. The molecule has 4 aromatic rings. The minimum absolute atomic E-state index is 0.0828. The zero-order valence-corrected chi connectivity index (χ0v) is 18.7. The highest BCUT2D eigenvalue weighted by atomic mass is 14.4. The minimum Gasteiger partial charge on any atom is -0.0648 e. The van der Waals surface area contributed by atoms with Gasteiger partial charge in [-0.15, -0.1) is 0 Å². The molecule has 0 heterocycles. The van der Waals surface area contributed by atoms with Crippen molar-refractivity contribution in [3.63, 3.8) is 0 Å². The van der Waals surface area contributed by atoms with Crippen LogP contribution in [0.3, 0.4) is 0 Å². The zero-order chi connectivity index (χ0) is 21.4. The highest BCUT2D eigenvalue weighted by Gasteiger charge is 2.35. The highest BCUT2D eigenvalue weighted by Crippen LogP contribution is 2.49. The Bertz CT molecular complexity index is 1200. The second kappa shape index (κ2) is 7.85. The van der Waals surface area contributed by atoms with Crippen molar-refractivity contribution in [1.82, 2.24) is 0 Å². The third-order valence-corrected chi connectivity index (χ3v) is 7.11. The van der Waals surface area contributed by atoms with E-state index in [-0.39, 0.29) is 5.41 Å². The summed E-state index contributed by atoms with van der Waals surface area (Å²) in [6.07, 6.45) is 2.22. The predicted octanol–water partition coefficient (Wildman–Crippen LogP) is 8.40. The molecule has 1 atom stereocenters. The smallest absolute Gasteiger partial charge is 0.0158 e. The number of hydrogen-bond donors (Lipinski definition) is 0. The van der Waals surface area contributed by atoms with Gasteiger partial charge in [0.1, 0.15) is 0 Å². The van der Waals surface area contributed by atoms with Crippen LogP contribution in [0, 0.1) is 0 Å². The lowest BCUT2D eigenvalue weighted by Gasteiger charge is -2.22. The van der Waals surface area contributed by atoms with Gasteiger partial charge in [-0.3, -0.25) is 0 Å². The van der Waals surface area contributed by atoms with Crippen molar-refractivity contribution in [3.8, 4) is 22.3 Å². The lowest BCUT2D eigenvalue weighted by Crippen LogP contribution is -2.15.